The summed E-state index contributed by atoms with van der Waals surface area (Å²) in [6, 6.07) is 18.6. The summed E-state index contributed by atoms with van der Waals surface area (Å²) in [4.78, 5) is 19.6. The van der Waals surface area contributed by atoms with Gasteiger partial charge >= 0.3 is 0 Å². The van der Waals surface area contributed by atoms with Crippen LogP contribution >= 0.6 is 0 Å². The number of nitrogens with zero attached hydrogens (tertiary/aromatic N) is 3. The third kappa shape index (κ3) is 3.47. The zero-order chi connectivity index (χ0) is 20.7. The molecule has 0 aliphatic carbocycles. The second-order valence-electron chi connectivity index (χ2n) is 8.62. The minimum Gasteiger partial charge on any atom is -0.339 e. The molecule has 1 aliphatic heterocycles. The number of benzene rings is 3. The number of hydrogen-bond acceptors (Lipinski definition) is 2. The molecule has 30 heavy (non-hydrogen) atoms. The second kappa shape index (κ2) is 7.60. The Bertz CT molecular complexity index is 1230. The Morgan fingerprint density at radius 1 is 0.967 bits per heavy atom. The highest BCUT2D eigenvalue weighted by atomic mass is 16.2. The van der Waals surface area contributed by atoms with Crippen LogP contribution in [0.15, 0.2) is 60.9 Å². The maximum Gasteiger partial charge on any atom is 0.253 e. The lowest BCUT2D eigenvalue weighted by molar-refractivity contribution is 0.0683. The molecular weight excluding hydrogens is 370 g/mol. The maximum atomic E-state index is 13.0. The standard InChI is InChI=1S/C26H27N3O/c1-18-13-24-25(14-19(18)2)29(17-27-24)16-20-9-11-28(12-10-20)26(30)23-8-7-21-5-3-4-6-22(21)15-23/h3-8,13-15,17,20H,9-12,16H2,1-2H3. The fraction of sp³-hybridized carbons (Fsp3) is 0.308. The number of piperidine rings is 1. The van der Waals surface area contributed by atoms with E-state index >= 15 is 0 Å². The highest BCUT2D eigenvalue weighted by molar-refractivity contribution is 5.98. The Labute approximate surface area is 177 Å². The summed E-state index contributed by atoms with van der Waals surface area (Å²) in [5.74, 6) is 0.725. The molecule has 4 aromatic rings. The van der Waals surface area contributed by atoms with Crippen molar-refractivity contribution < 1.29 is 4.79 Å². The summed E-state index contributed by atoms with van der Waals surface area (Å²) in [5, 5.41) is 2.29. The van der Waals surface area contributed by atoms with Crippen LogP contribution in [0.3, 0.4) is 0 Å². The predicted molar refractivity (Wildman–Crippen MR) is 122 cm³/mol. The van der Waals surface area contributed by atoms with E-state index in [9.17, 15) is 4.79 Å². The largest absolute Gasteiger partial charge is 0.339 e. The molecule has 2 heterocycles. The highest BCUT2D eigenvalue weighted by Crippen LogP contribution is 2.25. The van der Waals surface area contributed by atoms with Crippen molar-refractivity contribution in [1.29, 1.82) is 0 Å². The van der Waals surface area contributed by atoms with E-state index in [4.69, 9.17) is 0 Å². The molecular formula is C26H27N3O. The van der Waals surface area contributed by atoms with Crippen LogP contribution < -0.4 is 0 Å². The summed E-state index contributed by atoms with van der Waals surface area (Å²) in [7, 11) is 0. The van der Waals surface area contributed by atoms with Gasteiger partial charge in [0.15, 0.2) is 0 Å². The van der Waals surface area contributed by atoms with Crippen LogP contribution in [0.5, 0.6) is 0 Å². The third-order valence-corrected chi connectivity index (χ3v) is 6.59. The Balaban J connectivity index is 1.26. The quantitative estimate of drug-likeness (QED) is 0.467. The van der Waals surface area contributed by atoms with Crippen molar-refractivity contribution in [2.45, 2.75) is 33.2 Å². The number of hydrogen-bond donors (Lipinski definition) is 0. The molecule has 1 aliphatic rings. The van der Waals surface area contributed by atoms with E-state index in [0.29, 0.717) is 5.92 Å². The van der Waals surface area contributed by atoms with Crippen molar-refractivity contribution in [2.24, 2.45) is 5.92 Å². The van der Waals surface area contributed by atoms with E-state index < -0.39 is 0 Å². The monoisotopic (exact) mass is 397 g/mol. The lowest BCUT2D eigenvalue weighted by Crippen LogP contribution is -2.39. The molecule has 0 unspecified atom stereocenters. The van der Waals surface area contributed by atoms with Crippen molar-refractivity contribution in [2.75, 3.05) is 13.1 Å². The number of carbonyl (C=O) groups excluding carboxylic acids is 1. The zero-order valence-electron chi connectivity index (χ0n) is 17.6. The number of aryl methyl sites for hydroxylation is 2. The van der Waals surface area contributed by atoms with E-state index in [1.807, 2.05) is 41.6 Å². The second-order valence-corrected chi connectivity index (χ2v) is 8.62. The van der Waals surface area contributed by atoms with Crippen molar-refractivity contribution in [3.05, 3.63) is 77.6 Å². The molecule has 0 radical (unpaired) electrons. The smallest absolute Gasteiger partial charge is 0.253 e. The Morgan fingerprint density at radius 2 is 1.70 bits per heavy atom. The van der Waals surface area contributed by atoms with Crippen LogP contribution in [-0.4, -0.2) is 33.4 Å². The number of fused-ring (bicyclic) bond motifs is 2. The molecule has 0 atom stereocenters. The first-order valence-electron chi connectivity index (χ1n) is 10.8. The first-order valence-corrected chi connectivity index (χ1v) is 10.8. The SMILES string of the molecule is Cc1cc2ncn(CC3CCN(C(=O)c4ccc5ccccc5c4)CC3)c2cc1C. The van der Waals surface area contributed by atoms with E-state index in [1.165, 1.54) is 22.0 Å². The van der Waals surface area contributed by atoms with Gasteiger partial charge in [0, 0.05) is 25.2 Å². The molecule has 4 nitrogen and oxygen atoms in total. The number of rotatable bonds is 3. The van der Waals surface area contributed by atoms with Gasteiger partial charge < -0.3 is 9.47 Å². The summed E-state index contributed by atoms with van der Waals surface area (Å²) in [5.41, 5.74) is 5.67. The van der Waals surface area contributed by atoms with Gasteiger partial charge in [-0.2, -0.15) is 0 Å². The van der Waals surface area contributed by atoms with E-state index in [0.717, 1.165) is 48.9 Å². The summed E-state index contributed by atoms with van der Waals surface area (Å²) >= 11 is 0. The highest BCUT2D eigenvalue weighted by Gasteiger charge is 2.24. The lowest BCUT2D eigenvalue weighted by Gasteiger charge is -2.32. The van der Waals surface area contributed by atoms with Gasteiger partial charge in [0.1, 0.15) is 0 Å². The molecule has 0 saturated carbocycles. The van der Waals surface area contributed by atoms with Crippen LogP contribution in [0.1, 0.15) is 34.3 Å². The molecule has 5 rings (SSSR count). The molecule has 0 N–H and O–H groups in total. The Hall–Kier alpha value is -3.14. The fourth-order valence-electron chi connectivity index (χ4n) is 4.56. The van der Waals surface area contributed by atoms with Crippen molar-refractivity contribution in [1.82, 2.24) is 14.5 Å². The number of aromatic nitrogens is 2. The van der Waals surface area contributed by atoms with Gasteiger partial charge in [0.25, 0.3) is 5.91 Å². The lowest BCUT2D eigenvalue weighted by atomic mass is 9.95. The zero-order valence-corrected chi connectivity index (χ0v) is 17.6. The molecule has 4 heteroatoms. The Morgan fingerprint density at radius 3 is 2.50 bits per heavy atom. The van der Waals surface area contributed by atoms with Gasteiger partial charge in [-0.25, -0.2) is 4.98 Å². The molecule has 0 spiro atoms. The van der Waals surface area contributed by atoms with Crippen molar-refractivity contribution >= 4 is 27.7 Å². The van der Waals surface area contributed by atoms with Crippen molar-refractivity contribution in [3.63, 3.8) is 0 Å². The minimum absolute atomic E-state index is 0.151. The maximum absolute atomic E-state index is 13.0. The fourth-order valence-corrected chi connectivity index (χ4v) is 4.56. The van der Waals surface area contributed by atoms with Crippen LogP contribution in [0, 0.1) is 19.8 Å². The topological polar surface area (TPSA) is 38.1 Å². The molecule has 1 amide bonds. The van der Waals surface area contributed by atoms with E-state index in [-0.39, 0.29) is 5.91 Å². The average molecular weight is 398 g/mol. The molecule has 1 aromatic heterocycles. The van der Waals surface area contributed by atoms with Gasteiger partial charge in [-0.05, 0) is 78.8 Å². The number of imidazole rings is 1. The first-order chi connectivity index (χ1) is 14.6. The normalized spacial score (nSPS) is 15.2. The average Bonchev–Trinajstić information content (AvgIpc) is 3.15. The van der Waals surface area contributed by atoms with Gasteiger partial charge in [-0.15, -0.1) is 0 Å². The summed E-state index contributed by atoms with van der Waals surface area (Å²) in [6.45, 7) is 6.90. The molecule has 1 fully saturated rings. The van der Waals surface area contributed by atoms with Gasteiger partial charge in [0.05, 0.1) is 17.4 Å². The molecule has 3 aromatic carbocycles. The van der Waals surface area contributed by atoms with E-state index in [1.54, 1.807) is 0 Å². The Kier molecular flexibility index (Phi) is 4.78. The molecule has 1 saturated heterocycles. The molecule has 0 bridgehead atoms. The van der Waals surface area contributed by atoms with Crippen LogP contribution in [0.4, 0.5) is 0 Å². The first kappa shape index (κ1) is 18.9. The number of amides is 1. The summed E-state index contributed by atoms with van der Waals surface area (Å²) < 4.78 is 2.28. The van der Waals surface area contributed by atoms with Crippen molar-refractivity contribution in [3.8, 4) is 0 Å². The number of carbonyl (C=O) groups is 1. The van der Waals surface area contributed by atoms with Gasteiger partial charge in [-0.3, -0.25) is 4.79 Å². The minimum atomic E-state index is 0.151. The van der Waals surface area contributed by atoms with Crippen LogP contribution in [0.25, 0.3) is 21.8 Å². The van der Waals surface area contributed by atoms with Crippen LogP contribution in [-0.2, 0) is 6.54 Å². The van der Waals surface area contributed by atoms with Gasteiger partial charge in [-0.1, -0.05) is 30.3 Å². The van der Waals surface area contributed by atoms with E-state index in [2.05, 4.69) is 47.7 Å². The molecule has 152 valence electrons. The van der Waals surface area contributed by atoms with Crippen LogP contribution in [0.2, 0.25) is 0 Å². The third-order valence-electron chi connectivity index (χ3n) is 6.59. The predicted octanol–water partition coefficient (Wildman–Crippen LogP) is 5.36. The summed E-state index contributed by atoms with van der Waals surface area (Å²) in [6.07, 6.45) is 4.03. The van der Waals surface area contributed by atoms with Gasteiger partial charge in [0.2, 0.25) is 0 Å². The number of likely N-dealkylation sites (tertiary alicyclic amines) is 1.